The number of carbonyl (C=O) groups is 4. The summed E-state index contributed by atoms with van der Waals surface area (Å²) in [7, 11) is 0. The molecule has 0 spiro atoms. The number of aliphatic hydroxyl groups is 1. The largest absolute Gasteiger partial charge is 0.480 e. The lowest BCUT2D eigenvalue weighted by atomic mass is 10.0. The number of carboxylic acids is 1. The molecule has 13 nitrogen and oxygen atoms in total. The van der Waals surface area contributed by atoms with Crippen LogP contribution in [-0.4, -0.2) is 82.9 Å². The summed E-state index contributed by atoms with van der Waals surface area (Å²) >= 11 is 4.01. The van der Waals surface area contributed by atoms with E-state index in [1.165, 1.54) is 0 Å². The van der Waals surface area contributed by atoms with Gasteiger partial charge >= 0.3 is 5.97 Å². The zero-order chi connectivity index (χ0) is 24.8. The Kier molecular flexibility index (Phi) is 14.0. The number of thiol groups is 1. The smallest absolute Gasteiger partial charge is 0.326 e. The fraction of sp³-hybridized carbons (Fsp3) is 0.722. The maximum Gasteiger partial charge on any atom is 0.326 e. The van der Waals surface area contributed by atoms with Crippen molar-refractivity contribution >= 4 is 42.3 Å². The Bertz CT molecular complexity index is 672. The van der Waals surface area contributed by atoms with E-state index in [1.54, 1.807) is 0 Å². The van der Waals surface area contributed by atoms with Crippen LogP contribution in [0.3, 0.4) is 0 Å². The van der Waals surface area contributed by atoms with Gasteiger partial charge in [-0.05, 0) is 25.2 Å². The first-order chi connectivity index (χ1) is 14.9. The van der Waals surface area contributed by atoms with E-state index in [-0.39, 0.29) is 30.6 Å². The number of aliphatic carboxylic acids is 1. The fourth-order valence-electron chi connectivity index (χ4n) is 2.59. The topological polar surface area (TPSA) is 235 Å². The van der Waals surface area contributed by atoms with E-state index in [4.69, 9.17) is 17.2 Å². The quantitative estimate of drug-likeness (QED) is 0.0501. The van der Waals surface area contributed by atoms with Gasteiger partial charge in [-0.3, -0.25) is 19.4 Å². The molecule has 0 aliphatic carbocycles. The molecule has 0 saturated heterocycles. The van der Waals surface area contributed by atoms with Crippen molar-refractivity contribution in [2.75, 3.05) is 18.9 Å². The van der Waals surface area contributed by atoms with Crippen LogP contribution in [0.25, 0.3) is 0 Å². The summed E-state index contributed by atoms with van der Waals surface area (Å²) in [4.78, 5) is 52.1. The molecule has 0 aliphatic rings. The first kappa shape index (κ1) is 29.4. The van der Waals surface area contributed by atoms with Crippen LogP contribution in [0.4, 0.5) is 0 Å². The zero-order valence-corrected chi connectivity index (χ0v) is 19.2. The highest BCUT2D eigenvalue weighted by Crippen LogP contribution is 2.04. The van der Waals surface area contributed by atoms with Crippen LogP contribution in [0, 0.1) is 5.92 Å². The zero-order valence-electron chi connectivity index (χ0n) is 18.3. The molecule has 0 aromatic rings. The van der Waals surface area contributed by atoms with Crippen LogP contribution >= 0.6 is 12.6 Å². The second-order valence-corrected chi connectivity index (χ2v) is 7.94. The van der Waals surface area contributed by atoms with Gasteiger partial charge < -0.3 is 43.4 Å². The SMILES string of the molecule is CC(C)CC(N)C(=O)NC(CO)C(=O)NC(CS)C(=O)NC(CCCN=C(N)N)C(=O)O. The van der Waals surface area contributed by atoms with E-state index in [9.17, 15) is 29.4 Å². The Morgan fingerprint density at radius 3 is 1.97 bits per heavy atom. The molecule has 11 N–H and O–H groups in total. The number of carboxylic acid groups (broad SMARTS) is 1. The highest BCUT2D eigenvalue weighted by Gasteiger charge is 2.29. The number of nitrogens with one attached hydrogen (secondary N) is 3. The number of nitrogens with two attached hydrogens (primary N) is 3. The number of nitrogens with zero attached hydrogens (tertiary/aromatic N) is 1. The second kappa shape index (κ2) is 15.3. The van der Waals surface area contributed by atoms with E-state index in [0.717, 1.165) is 0 Å². The monoisotopic (exact) mass is 477 g/mol. The number of carbonyl (C=O) groups excluding carboxylic acids is 3. The molecule has 3 amide bonds. The van der Waals surface area contributed by atoms with Crippen LogP contribution in [-0.2, 0) is 19.2 Å². The maximum atomic E-state index is 12.5. The van der Waals surface area contributed by atoms with E-state index in [0.29, 0.717) is 12.8 Å². The van der Waals surface area contributed by atoms with Gasteiger partial charge in [-0.25, -0.2) is 4.79 Å². The summed E-state index contributed by atoms with van der Waals surface area (Å²) < 4.78 is 0. The molecular weight excluding hydrogens is 442 g/mol. The molecule has 0 aromatic heterocycles. The molecule has 184 valence electrons. The molecule has 4 atom stereocenters. The molecule has 14 heteroatoms. The van der Waals surface area contributed by atoms with E-state index in [1.807, 2.05) is 13.8 Å². The van der Waals surface area contributed by atoms with Gasteiger partial charge in [0.05, 0.1) is 12.6 Å². The normalized spacial score (nSPS) is 14.6. The molecule has 0 saturated carbocycles. The number of amides is 3. The molecule has 0 fully saturated rings. The van der Waals surface area contributed by atoms with Gasteiger partial charge in [0.15, 0.2) is 5.96 Å². The lowest BCUT2D eigenvalue weighted by molar-refractivity contribution is -0.142. The van der Waals surface area contributed by atoms with Crippen molar-refractivity contribution in [1.82, 2.24) is 16.0 Å². The van der Waals surface area contributed by atoms with Crippen molar-refractivity contribution in [1.29, 1.82) is 0 Å². The van der Waals surface area contributed by atoms with Gasteiger partial charge in [0.1, 0.15) is 18.1 Å². The summed E-state index contributed by atoms with van der Waals surface area (Å²) in [6.45, 7) is 3.22. The molecule has 0 rings (SSSR count). The molecule has 0 aromatic carbocycles. The standard InChI is InChI=1S/C18H35N7O6S/c1-9(2)6-10(19)14(27)24-12(7-26)15(28)25-13(8-32)16(29)23-11(17(30)31)4-3-5-22-18(20)21/h9-13,26,32H,3-8,19H2,1-2H3,(H,23,29)(H,24,27)(H,25,28)(H,30,31)(H4,20,21,22). The van der Waals surface area contributed by atoms with Gasteiger partial charge in [0.2, 0.25) is 17.7 Å². The number of aliphatic imine (C=N–C) groups is 1. The van der Waals surface area contributed by atoms with E-state index in [2.05, 4.69) is 33.6 Å². The van der Waals surface area contributed by atoms with Crippen molar-refractivity contribution in [3.63, 3.8) is 0 Å². The van der Waals surface area contributed by atoms with Crippen molar-refractivity contribution in [3.8, 4) is 0 Å². The van der Waals surface area contributed by atoms with Crippen molar-refractivity contribution in [2.24, 2.45) is 28.1 Å². The number of aliphatic hydroxyl groups excluding tert-OH is 1. The van der Waals surface area contributed by atoms with Gasteiger partial charge in [-0.1, -0.05) is 13.8 Å². The first-order valence-corrected chi connectivity index (χ1v) is 10.7. The van der Waals surface area contributed by atoms with Gasteiger partial charge in [-0.15, -0.1) is 0 Å². The average molecular weight is 478 g/mol. The van der Waals surface area contributed by atoms with Gasteiger partial charge in [0.25, 0.3) is 0 Å². The number of rotatable bonds is 15. The molecule has 0 radical (unpaired) electrons. The Morgan fingerprint density at radius 2 is 1.50 bits per heavy atom. The van der Waals surface area contributed by atoms with Crippen LogP contribution in [0.1, 0.15) is 33.1 Å². The molecular formula is C18H35N7O6S. The van der Waals surface area contributed by atoms with Gasteiger partial charge in [-0.2, -0.15) is 12.6 Å². The third kappa shape index (κ3) is 11.7. The van der Waals surface area contributed by atoms with Gasteiger partial charge in [0, 0.05) is 12.3 Å². The Labute approximate surface area is 192 Å². The molecule has 0 heterocycles. The van der Waals surface area contributed by atoms with E-state index >= 15 is 0 Å². The van der Waals surface area contributed by atoms with E-state index < -0.39 is 54.5 Å². The predicted molar refractivity (Wildman–Crippen MR) is 122 cm³/mol. The number of hydrogen-bond donors (Lipinski definition) is 9. The summed E-state index contributed by atoms with van der Waals surface area (Å²) in [6.07, 6.45) is 0.726. The Morgan fingerprint density at radius 1 is 0.969 bits per heavy atom. The third-order valence-corrected chi connectivity index (χ3v) is 4.62. The summed E-state index contributed by atoms with van der Waals surface area (Å²) in [5.41, 5.74) is 16.2. The average Bonchev–Trinajstić information content (AvgIpc) is 2.70. The molecule has 32 heavy (non-hydrogen) atoms. The molecule has 4 unspecified atom stereocenters. The minimum absolute atomic E-state index is 0.0498. The van der Waals surface area contributed by atoms with Crippen LogP contribution in [0.15, 0.2) is 4.99 Å². The van der Waals surface area contributed by atoms with Crippen LogP contribution in [0.5, 0.6) is 0 Å². The minimum atomic E-state index is -1.34. The van der Waals surface area contributed by atoms with Crippen molar-refractivity contribution in [3.05, 3.63) is 0 Å². The minimum Gasteiger partial charge on any atom is -0.480 e. The lowest BCUT2D eigenvalue weighted by Crippen LogP contribution is -2.58. The summed E-state index contributed by atoms with van der Waals surface area (Å²) in [5, 5.41) is 25.8. The number of hydrogen-bond acceptors (Lipinski definition) is 8. The first-order valence-electron chi connectivity index (χ1n) is 10.1. The Balaban J connectivity index is 4.95. The van der Waals surface area contributed by atoms with Crippen molar-refractivity contribution < 1.29 is 29.4 Å². The maximum absolute atomic E-state index is 12.5. The van der Waals surface area contributed by atoms with Crippen LogP contribution < -0.4 is 33.2 Å². The predicted octanol–water partition coefficient (Wildman–Crippen LogP) is -3.13. The lowest BCUT2D eigenvalue weighted by Gasteiger charge is -2.23. The third-order valence-electron chi connectivity index (χ3n) is 4.25. The Hall–Kier alpha value is -2.58. The number of guanidine groups is 1. The summed E-state index contributed by atoms with van der Waals surface area (Å²) in [5.74, 6) is -3.66. The second-order valence-electron chi connectivity index (χ2n) is 7.57. The fourth-order valence-corrected chi connectivity index (χ4v) is 2.84. The summed E-state index contributed by atoms with van der Waals surface area (Å²) in [6, 6.07) is -4.65. The molecule has 0 aliphatic heterocycles. The van der Waals surface area contributed by atoms with Crippen LogP contribution in [0.2, 0.25) is 0 Å². The van der Waals surface area contributed by atoms with Crippen molar-refractivity contribution in [2.45, 2.75) is 57.3 Å². The highest BCUT2D eigenvalue weighted by molar-refractivity contribution is 7.80. The highest BCUT2D eigenvalue weighted by atomic mass is 32.1. The molecule has 0 bridgehead atoms.